The van der Waals surface area contributed by atoms with Crippen LogP contribution in [0.25, 0.3) is 6.08 Å². The van der Waals surface area contributed by atoms with Gasteiger partial charge in [0.1, 0.15) is 11.3 Å². The number of nitrogens with one attached hydrogen (secondary N) is 1. The van der Waals surface area contributed by atoms with E-state index in [1.165, 1.54) is 13.2 Å². The fourth-order valence-electron chi connectivity index (χ4n) is 2.42. The Morgan fingerprint density at radius 1 is 1.08 bits per heavy atom. The summed E-state index contributed by atoms with van der Waals surface area (Å²) in [6.45, 7) is 0. The highest BCUT2D eigenvalue weighted by Gasteiger charge is 2.36. The molecule has 0 spiro atoms. The Hall–Kier alpha value is -3.12. The van der Waals surface area contributed by atoms with Crippen molar-refractivity contribution in [3.8, 4) is 5.75 Å². The summed E-state index contributed by atoms with van der Waals surface area (Å²) in [5.74, 6) is -0.987. The van der Waals surface area contributed by atoms with Crippen LogP contribution < -0.4 is 15.0 Å². The molecule has 1 saturated heterocycles. The highest BCUT2D eigenvalue weighted by molar-refractivity contribution is 6.39. The number of nitrogens with zero attached hydrogens (tertiary/aromatic N) is 1. The number of benzene rings is 2. The molecule has 0 unspecified atom stereocenters. The van der Waals surface area contributed by atoms with Gasteiger partial charge in [0.15, 0.2) is 0 Å². The minimum absolute atomic E-state index is 0.173. The monoisotopic (exact) mass is 356 g/mol. The molecule has 1 aliphatic rings. The van der Waals surface area contributed by atoms with Gasteiger partial charge in [-0.1, -0.05) is 29.8 Å². The first-order chi connectivity index (χ1) is 12.0. The number of ether oxygens (including phenoxy) is 1. The van der Waals surface area contributed by atoms with E-state index in [1.54, 1.807) is 48.5 Å². The molecule has 2 aromatic rings. The summed E-state index contributed by atoms with van der Waals surface area (Å²) in [4.78, 5) is 37.8. The second kappa shape index (κ2) is 6.78. The molecule has 126 valence electrons. The lowest BCUT2D eigenvalue weighted by molar-refractivity contribution is -0.122. The largest absolute Gasteiger partial charge is 0.497 e. The molecular formula is C18H13ClN2O4. The topological polar surface area (TPSA) is 75.7 Å². The van der Waals surface area contributed by atoms with Crippen molar-refractivity contribution < 1.29 is 19.1 Å². The van der Waals surface area contributed by atoms with Crippen LogP contribution >= 0.6 is 11.6 Å². The number of imide groups is 2. The van der Waals surface area contributed by atoms with E-state index in [2.05, 4.69) is 5.32 Å². The Labute approximate surface area is 148 Å². The summed E-state index contributed by atoms with van der Waals surface area (Å²) in [7, 11) is 1.48. The van der Waals surface area contributed by atoms with Crippen molar-refractivity contribution in [3.63, 3.8) is 0 Å². The highest BCUT2D eigenvalue weighted by atomic mass is 35.5. The van der Waals surface area contributed by atoms with Gasteiger partial charge >= 0.3 is 6.03 Å². The van der Waals surface area contributed by atoms with Crippen molar-refractivity contribution in [2.24, 2.45) is 0 Å². The maximum absolute atomic E-state index is 12.7. The molecule has 0 bridgehead atoms. The van der Waals surface area contributed by atoms with E-state index in [1.807, 2.05) is 0 Å². The third-order valence-electron chi connectivity index (χ3n) is 3.56. The Bertz CT molecular complexity index is 893. The molecule has 0 saturated carbocycles. The molecular weight excluding hydrogens is 344 g/mol. The second-order valence-corrected chi connectivity index (χ2v) is 5.65. The first-order valence-electron chi connectivity index (χ1n) is 7.30. The lowest BCUT2D eigenvalue weighted by Crippen LogP contribution is -2.54. The fraction of sp³-hybridized carbons (Fsp3) is 0.0556. The maximum Gasteiger partial charge on any atom is 0.335 e. The molecule has 6 nitrogen and oxygen atoms in total. The van der Waals surface area contributed by atoms with E-state index in [0.29, 0.717) is 22.0 Å². The van der Waals surface area contributed by atoms with E-state index in [4.69, 9.17) is 16.3 Å². The molecule has 25 heavy (non-hydrogen) atoms. The lowest BCUT2D eigenvalue weighted by Gasteiger charge is -2.26. The molecule has 4 amide bonds. The molecule has 1 aliphatic heterocycles. The Morgan fingerprint density at radius 3 is 2.48 bits per heavy atom. The van der Waals surface area contributed by atoms with Crippen LogP contribution in [0.2, 0.25) is 5.02 Å². The minimum Gasteiger partial charge on any atom is -0.497 e. The van der Waals surface area contributed by atoms with Gasteiger partial charge in [-0.05, 0) is 42.0 Å². The molecule has 0 aliphatic carbocycles. The van der Waals surface area contributed by atoms with E-state index >= 15 is 0 Å². The molecule has 1 fully saturated rings. The SMILES string of the molecule is COc1cc(Cl)cc(/C=C2\C(=O)NC(=O)N(c3ccccc3)C2=O)c1. The Morgan fingerprint density at radius 2 is 1.80 bits per heavy atom. The zero-order chi connectivity index (χ0) is 18.0. The fourth-order valence-corrected chi connectivity index (χ4v) is 2.65. The average Bonchev–Trinajstić information content (AvgIpc) is 2.59. The zero-order valence-corrected chi connectivity index (χ0v) is 13.9. The van der Waals surface area contributed by atoms with Crippen molar-refractivity contribution in [3.05, 3.63) is 64.7 Å². The number of barbiturate groups is 1. The second-order valence-electron chi connectivity index (χ2n) is 5.22. The van der Waals surface area contributed by atoms with Crippen molar-refractivity contribution >= 4 is 41.2 Å². The van der Waals surface area contributed by atoms with Crippen LogP contribution in [0, 0.1) is 0 Å². The molecule has 0 atom stereocenters. The van der Waals surface area contributed by atoms with Gasteiger partial charge in [0.25, 0.3) is 11.8 Å². The van der Waals surface area contributed by atoms with E-state index in [-0.39, 0.29) is 5.57 Å². The molecule has 0 aromatic heterocycles. The summed E-state index contributed by atoms with van der Waals surface area (Å²) >= 11 is 6.01. The summed E-state index contributed by atoms with van der Waals surface area (Å²) in [6, 6.07) is 12.4. The van der Waals surface area contributed by atoms with Gasteiger partial charge in [0, 0.05) is 5.02 Å². The van der Waals surface area contributed by atoms with Crippen LogP contribution in [-0.2, 0) is 9.59 Å². The number of para-hydroxylation sites is 1. The van der Waals surface area contributed by atoms with Crippen LogP contribution in [0.5, 0.6) is 5.75 Å². The predicted octanol–water partition coefficient (Wildman–Crippen LogP) is 3.02. The molecule has 3 rings (SSSR count). The van der Waals surface area contributed by atoms with Crippen molar-refractivity contribution in [1.29, 1.82) is 0 Å². The summed E-state index contributed by atoms with van der Waals surface area (Å²) in [6.07, 6.45) is 1.37. The quantitative estimate of drug-likeness (QED) is 0.677. The van der Waals surface area contributed by atoms with Gasteiger partial charge in [-0.25, -0.2) is 9.69 Å². The van der Waals surface area contributed by atoms with Gasteiger partial charge in [-0.2, -0.15) is 0 Å². The average molecular weight is 357 g/mol. The normalized spacial score (nSPS) is 16.2. The number of carbonyl (C=O) groups is 3. The summed E-state index contributed by atoms with van der Waals surface area (Å²) in [5, 5.41) is 2.56. The van der Waals surface area contributed by atoms with Crippen LogP contribution in [0.4, 0.5) is 10.5 Å². The first kappa shape index (κ1) is 16.7. The third-order valence-corrected chi connectivity index (χ3v) is 3.77. The number of carbonyl (C=O) groups excluding carboxylic acids is 3. The number of anilines is 1. The molecule has 2 aromatic carbocycles. The van der Waals surface area contributed by atoms with Crippen molar-refractivity contribution in [2.45, 2.75) is 0 Å². The van der Waals surface area contributed by atoms with Crippen LogP contribution in [0.1, 0.15) is 5.56 Å². The Kier molecular flexibility index (Phi) is 4.54. The van der Waals surface area contributed by atoms with E-state index in [9.17, 15) is 14.4 Å². The van der Waals surface area contributed by atoms with Crippen molar-refractivity contribution in [1.82, 2.24) is 5.32 Å². The van der Waals surface area contributed by atoms with Gasteiger partial charge in [0.2, 0.25) is 0 Å². The zero-order valence-electron chi connectivity index (χ0n) is 13.2. The number of rotatable bonds is 3. The smallest absolute Gasteiger partial charge is 0.335 e. The lowest BCUT2D eigenvalue weighted by atomic mass is 10.1. The number of hydrogen-bond donors (Lipinski definition) is 1. The standard InChI is InChI=1S/C18H13ClN2O4/c1-25-14-8-11(7-12(19)10-14)9-15-16(22)20-18(24)21(17(15)23)13-5-3-2-4-6-13/h2-10H,1H3,(H,20,22,24)/b15-9+. The minimum atomic E-state index is -0.790. The van der Waals surface area contributed by atoms with Crippen LogP contribution in [0.15, 0.2) is 54.1 Å². The highest BCUT2D eigenvalue weighted by Crippen LogP contribution is 2.25. The van der Waals surface area contributed by atoms with Crippen LogP contribution in [-0.4, -0.2) is 25.0 Å². The van der Waals surface area contributed by atoms with Gasteiger partial charge in [-0.3, -0.25) is 14.9 Å². The van der Waals surface area contributed by atoms with Gasteiger partial charge < -0.3 is 4.74 Å². The first-order valence-corrected chi connectivity index (χ1v) is 7.68. The summed E-state index contributed by atoms with van der Waals surface area (Å²) < 4.78 is 5.12. The molecule has 0 radical (unpaired) electrons. The van der Waals surface area contributed by atoms with Crippen LogP contribution in [0.3, 0.4) is 0 Å². The third kappa shape index (κ3) is 3.39. The number of hydrogen-bond acceptors (Lipinski definition) is 4. The van der Waals surface area contributed by atoms with Crippen molar-refractivity contribution in [2.75, 3.05) is 12.0 Å². The number of methoxy groups -OCH3 is 1. The molecule has 7 heteroatoms. The molecule has 1 N–H and O–H groups in total. The van der Waals surface area contributed by atoms with Gasteiger partial charge in [-0.15, -0.1) is 0 Å². The van der Waals surface area contributed by atoms with E-state index < -0.39 is 17.8 Å². The summed E-state index contributed by atoms with van der Waals surface area (Å²) in [5.41, 5.74) is 0.699. The van der Waals surface area contributed by atoms with Gasteiger partial charge in [0.05, 0.1) is 12.8 Å². The number of amides is 4. The predicted molar refractivity (Wildman–Crippen MR) is 93.4 cm³/mol. The molecule has 1 heterocycles. The van der Waals surface area contributed by atoms with E-state index in [0.717, 1.165) is 4.90 Å². The Balaban J connectivity index is 2.03. The number of urea groups is 1. The number of halogens is 1. The maximum atomic E-state index is 12.7.